The first kappa shape index (κ1) is 14.7. The fourth-order valence-corrected chi connectivity index (χ4v) is 2.46. The number of thiophene rings is 1. The highest BCUT2D eigenvalue weighted by atomic mass is 32.1. The van der Waals surface area contributed by atoms with E-state index < -0.39 is 12.0 Å². The summed E-state index contributed by atoms with van der Waals surface area (Å²) in [4.78, 5) is 23.1. The van der Waals surface area contributed by atoms with Crippen LogP contribution < -0.4 is 11.1 Å². The van der Waals surface area contributed by atoms with Crippen LogP contribution in [0, 0.1) is 0 Å². The van der Waals surface area contributed by atoms with Gasteiger partial charge in [-0.25, -0.2) is 0 Å². The van der Waals surface area contributed by atoms with Crippen molar-refractivity contribution in [3.8, 4) is 0 Å². The topological polar surface area (TPSA) is 92.4 Å². The Kier molecular flexibility index (Phi) is 5.80. The first-order valence-corrected chi connectivity index (χ1v) is 6.72. The molecule has 1 aromatic rings. The molecule has 1 amide bonds. The molecule has 5 nitrogen and oxygen atoms in total. The molecule has 0 aromatic carbocycles. The minimum Gasteiger partial charge on any atom is -0.481 e. The molecule has 18 heavy (non-hydrogen) atoms. The van der Waals surface area contributed by atoms with Gasteiger partial charge in [-0.3, -0.25) is 9.59 Å². The predicted octanol–water partition coefficient (Wildman–Crippen LogP) is 1.12. The van der Waals surface area contributed by atoms with Gasteiger partial charge < -0.3 is 16.2 Å². The first-order valence-electron chi connectivity index (χ1n) is 5.85. The molecule has 1 atom stereocenters. The summed E-state index contributed by atoms with van der Waals surface area (Å²) in [7, 11) is 0. The van der Waals surface area contributed by atoms with E-state index >= 15 is 0 Å². The average Bonchev–Trinajstić information content (AvgIpc) is 2.80. The number of carbonyl (C=O) groups excluding carboxylic acids is 1. The summed E-state index contributed by atoms with van der Waals surface area (Å²) in [5.41, 5.74) is 6.83. The summed E-state index contributed by atoms with van der Waals surface area (Å²) >= 11 is 1.60. The second-order valence-corrected chi connectivity index (χ2v) is 4.98. The van der Waals surface area contributed by atoms with E-state index in [1.165, 1.54) is 5.56 Å². The third-order valence-electron chi connectivity index (χ3n) is 2.65. The molecule has 0 aliphatic heterocycles. The number of hydrogen-bond acceptors (Lipinski definition) is 4. The minimum atomic E-state index is -0.940. The monoisotopic (exact) mass is 270 g/mol. The van der Waals surface area contributed by atoms with Crippen molar-refractivity contribution in [3.63, 3.8) is 0 Å². The van der Waals surface area contributed by atoms with Crippen molar-refractivity contribution in [1.82, 2.24) is 5.32 Å². The normalized spacial score (nSPS) is 12.1. The third-order valence-corrected chi connectivity index (χ3v) is 3.61. The Hall–Kier alpha value is -1.40. The molecule has 0 aliphatic rings. The Balaban J connectivity index is 2.38. The van der Waals surface area contributed by atoms with Crippen molar-refractivity contribution in [3.05, 3.63) is 21.9 Å². The Bertz CT molecular complexity index is 417. The summed E-state index contributed by atoms with van der Waals surface area (Å²) in [5, 5.41) is 13.2. The van der Waals surface area contributed by atoms with E-state index in [4.69, 9.17) is 10.8 Å². The second-order valence-electron chi connectivity index (χ2n) is 3.98. The lowest BCUT2D eigenvalue weighted by Gasteiger charge is -2.11. The van der Waals surface area contributed by atoms with Crippen LogP contribution in [-0.2, 0) is 22.6 Å². The van der Waals surface area contributed by atoms with Gasteiger partial charge in [-0.05, 0) is 29.9 Å². The highest BCUT2D eigenvalue weighted by molar-refractivity contribution is 7.10. The number of carboxylic acids is 1. The van der Waals surface area contributed by atoms with Gasteiger partial charge in [0.2, 0.25) is 5.91 Å². The van der Waals surface area contributed by atoms with Gasteiger partial charge in [-0.1, -0.05) is 6.92 Å². The Morgan fingerprint density at radius 1 is 1.56 bits per heavy atom. The molecular formula is C12H18N2O3S. The number of hydrogen-bond donors (Lipinski definition) is 3. The lowest BCUT2D eigenvalue weighted by molar-refractivity contribution is -0.137. The molecule has 1 aromatic heterocycles. The molecule has 1 unspecified atom stereocenters. The fourth-order valence-electron chi connectivity index (χ4n) is 1.55. The van der Waals surface area contributed by atoms with Gasteiger partial charge in [0, 0.05) is 11.3 Å². The van der Waals surface area contributed by atoms with E-state index in [-0.39, 0.29) is 18.7 Å². The van der Waals surface area contributed by atoms with Crippen LogP contribution in [-0.4, -0.2) is 23.0 Å². The number of nitrogens with two attached hydrogens (primary N) is 1. The van der Waals surface area contributed by atoms with Crippen LogP contribution in [0.4, 0.5) is 0 Å². The Morgan fingerprint density at radius 3 is 2.89 bits per heavy atom. The molecule has 6 heteroatoms. The molecule has 1 rings (SSSR count). The van der Waals surface area contributed by atoms with Crippen LogP contribution in [0.5, 0.6) is 0 Å². The van der Waals surface area contributed by atoms with E-state index in [1.807, 2.05) is 11.4 Å². The second kappa shape index (κ2) is 7.13. The van der Waals surface area contributed by atoms with E-state index in [0.717, 1.165) is 11.3 Å². The van der Waals surface area contributed by atoms with Crippen molar-refractivity contribution in [2.24, 2.45) is 5.73 Å². The maximum atomic E-state index is 11.6. The summed E-state index contributed by atoms with van der Waals surface area (Å²) in [6.45, 7) is 2.52. The van der Waals surface area contributed by atoms with Gasteiger partial charge in [0.25, 0.3) is 0 Å². The third kappa shape index (κ3) is 4.46. The molecule has 1 heterocycles. The first-order chi connectivity index (χ1) is 8.54. The van der Waals surface area contributed by atoms with Gasteiger partial charge >= 0.3 is 5.97 Å². The number of nitrogens with one attached hydrogen (secondary N) is 1. The van der Waals surface area contributed by atoms with Crippen LogP contribution in [0.25, 0.3) is 0 Å². The maximum Gasteiger partial charge on any atom is 0.303 e. The summed E-state index contributed by atoms with van der Waals surface area (Å²) in [5.74, 6) is -1.24. The Morgan fingerprint density at radius 2 is 2.28 bits per heavy atom. The largest absolute Gasteiger partial charge is 0.481 e. The zero-order valence-corrected chi connectivity index (χ0v) is 11.1. The molecule has 0 fully saturated rings. The molecule has 0 spiro atoms. The molecule has 0 saturated heterocycles. The fraction of sp³-hybridized carbons (Fsp3) is 0.500. The molecule has 100 valence electrons. The quantitative estimate of drug-likeness (QED) is 0.692. The molecule has 0 bridgehead atoms. The van der Waals surface area contributed by atoms with Crippen molar-refractivity contribution in [2.45, 2.75) is 38.8 Å². The lowest BCUT2D eigenvalue weighted by atomic mass is 10.1. The number of rotatable bonds is 7. The van der Waals surface area contributed by atoms with E-state index in [2.05, 4.69) is 12.2 Å². The van der Waals surface area contributed by atoms with Crippen molar-refractivity contribution in [1.29, 1.82) is 0 Å². The van der Waals surface area contributed by atoms with Crippen LogP contribution in [0.15, 0.2) is 11.4 Å². The number of aliphatic carboxylic acids is 1. The van der Waals surface area contributed by atoms with Crippen molar-refractivity contribution in [2.75, 3.05) is 0 Å². The predicted molar refractivity (Wildman–Crippen MR) is 70.4 cm³/mol. The van der Waals surface area contributed by atoms with Gasteiger partial charge in [0.15, 0.2) is 0 Å². The summed E-state index contributed by atoms with van der Waals surface area (Å²) < 4.78 is 0. The SMILES string of the molecule is CCc1ccsc1CNC(=O)C(N)CCC(=O)O. The number of aryl methyl sites for hydroxylation is 1. The smallest absolute Gasteiger partial charge is 0.303 e. The molecule has 0 radical (unpaired) electrons. The lowest BCUT2D eigenvalue weighted by Crippen LogP contribution is -2.40. The van der Waals surface area contributed by atoms with Crippen LogP contribution in [0.3, 0.4) is 0 Å². The summed E-state index contributed by atoms with van der Waals surface area (Å²) in [6.07, 6.45) is 1.000. The molecule has 4 N–H and O–H groups in total. The maximum absolute atomic E-state index is 11.6. The molecule has 0 aliphatic carbocycles. The van der Waals surface area contributed by atoms with Gasteiger partial charge in [-0.15, -0.1) is 11.3 Å². The van der Waals surface area contributed by atoms with Gasteiger partial charge in [0.05, 0.1) is 12.6 Å². The number of carbonyl (C=O) groups is 2. The number of amides is 1. The Labute approximate surface area is 110 Å². The highest BCUT2D eigenvalue weighted by Gasteiger charge is 2.15. The molecular weight excluding hydrogens is 252 g/mol. The van der Waals surface area contributed by atoms with E-state index in [9.17, 15) is 9.59 Å². The average molecular weight is 270 g/mol. The molecule has 0 saturated carbocycles. The van der Waals surface area contributed by atoms with Crippen LogP contribution in [0.1, 0.15) is 30.2 Å². The van der Waals surface area contributed by atoms with E-state index in [1.54, 1.807) is 11.3 Å². The van der Waals surface area contributed by atoms with Gasteiger partial charge in [0.1, 0.15) is 0 Å². The van der Waals surface area contributed by atoms with Crippen molar-refractivity contribution >= 4 is 23.2 Å². The van der Waals surface area contributed by atoms with Crippen LogP contribution >= 0.6 is 11.3 Å². The summed E-state index contributed by atoms with van der Waals surface area (Å²) in [6, 6.07) is 1.28. The number of carboxylic acid groups (broad SMARTS) is 1. The standard InChI is InChI=1S/C12H18N2O3S/c1-2-8-5-6-18-10(8)7-14-12(17)9(13)3-4-11(15)16/h5-6,9H,2-4,7,13H2,1H3,(H,14,17)(H,15,16). The zero-order valence-electron chi connectivity index (χ0n) is 10.3. The van der Waals surface area contributed by atoms with E-state index in [0.29, 0.717) is 6.54 Å². The van der Waals surface area contributed by atoms with Crippen molar-refractivity contribution < 1.29 is 14.7 Å². The zero-order chi connectivity index (χ0) is 13.5. The minimum absolute atomic E-state index is 0.0895. The highest BCUT2D eigenvalue weighted by Crippen LogP contribution is 2.16. The van der Waals surface area contributed by atoms with Gasteiger partial charge in [-0.2, -0.15) is 0 Å². The van der Waals surface area contributed by atoms with Crippen LogP contribution in [0.2, 0.25) is 0 Å².